The van der Waals surface area contributed by atoms with Crippen molar-refractivity contribution >= 4 is 0 Å². The summed E-state index contributed by atoms with van der Waals surface area (Å²) in [5, 5.41) is 3.49. The lowest BCUT2D eigenvalue weighted by molar-refractivity contribution is 0.475. The molecule has 0 aliphatic heterocycles. The summed E-state index contributed by atoms with van der Waals surface area (Å²) in [6.07, 6.45) is 6.25. The number of hydrogen-bond acceptors (Lipinski definition) is 2. The van der Waals surface area contributed by atoms with Crippen LogP contribution in [0.25, 0.3) is 0 Å². The van der Waals surface area contributed by atoms with Gasteiger partial charge in [-0.1, -0.05) is 24.3 Å². The first-order valence-corrected chi connectivity index (χ1v) is 7.17. The minimum absolute atomic E-state index is 0.430. The van der Waals surface area contributed by atoms with Gasteiger partial charge in [-0.25, -0.2) is 0 Å². The molecule has 0 amide bonds. The van der Waals surface area contributed by atoms with Crippen molar-refractivity contribution in [1.82, 2.24) is 5.32 Å². The van der Waals surface area contributed by atoms with E-state index in [2.05, 4.69) is 42.7 Å². The van der Waals surface area contributed by atoms with Gasteiger partial charge in [0.1, 0.15) is 0 Å². The molecule has 2 aliphatic carbocycles. The minimum atomic E-state index is 0.430. The number of rotatable bonds is 3. The van der Waals surface area contributed by atoms with Gasteiger partial charge in [0.15, 0.2) is 0 Å². The summed E-state index contributed by atoms with van der Waals surface area (Å²) in [6, 6.07) is 11.5. The summed E-state index contributed by atoms with van der Waals surface area (Å²) in [5.74, 6) is 2.32. The molecule has 2 heteroatoms. The number of benzene rings is 1. The van der Waals surface area contributed by atoms with Gasteiger partial charge in [0.05, 0.1) is 12.5 Å². The fourth-order valence-corrected chi connectivity index (χ4v) is 4.11. The second-order valence-electron chi connectivity index (χ2n) is 5.83. The predicted octanol–water partition coefficient (Wildman–Crippen LogP) is 3.52. The molecule has 2 aliphatic rings. The maximum Gasteiger partial charge on any atom is 0.0950 e. The van der Waals surface area contributed by atoms with Gasteiger partial charge < -0.3 is 9.73 Å². The van der Waals surface area contributed by atoms with Crippen molar-refractivity contribution in [2.24, 2.45) is 11.8 Å². The second-order valence-corrected chi connectivity index (χ2v) is 5.83. The van der Waals surface area contributed by atoms with E-state index in [0.29, 0.717) is 6.04 Å². The molecule has 19 heavy (non-hydrogen) atoms. The Balaban J connectivity index is 1.66. The van der Waals surface area contributed by atoms with Crippen molar-refractivity contribution in [2.75, 3.05) is 7.05 Å². The van der Waals surface area contributed by atoms with E-state index in [4.69, 9.17) is 4.42 Å². The lowest BCUT2D eigenvalue weighted by Crippen LogP contribution is -2.19. The molecule has 1 aromatic carbocycles. The zero-order valence-electron chi connectivity index (χ0n) is 11.2. The molecular formula is C17H19NO. The fraction of sp³-hybridized carbons (Fsp3) is 0.412. The van der Waals surface area contributed by atoms with Crippen molar-refractivity contribution in [1.29, 1.82) is 0 Å². The van der Waals surface area contributed by atoms with Crippen LogP contribution in [0.1, 0.15) is 35.1 Å². The molecule has 4 rings (SSSR count). The van der Waals surface area contributed by atoms with Crippen LogP contribution >= 0.6 is 0 Å². The predicted molar refractivity (Wildman–Crippen MR) is 75.0 cm³/mol. The highest BCUT2D eigenvalue weighted by molar-refractivity contribution is 5.41. The maximum atomic E-state index is 5.26. The first-order valence-electron chi connectivity index (χ1n) is 7.17. The van der Waals surface area contributed by atoms with Crippen molar-refractivity contribution in [3.8, 4) is 0 Å². The van der Waals surface area contributed by atoms with E-state index in [1.807, 2.05) is 6.26 Å². The lowest BCUT2D eigenvalue weighted by atomic mass is 9.92. The SMILES string of the molecule is CNC(c1ccoc1)C1C2CCc3ccccc3C21. The minimum Gasteiger partial charge on any atom is -0.472 e. The molecular weight excluding hydrogens is 234 g/mol. The summed E-state index contributed by atoms with van der Waals surface area (Å²) in [6.45, 7) is 0. The third-order valence-electron chi connectivity index (χ3n) is 4.99. The van der Waals surface area contributed by atoms with E-state index in [1.165, 1.54) is 18.4 Å². The van der Waals surface area contributed by atoms with Crippen LogP contribution in [0, 0.1) is 11.8 Å². The van der Waals surface area contributed by atoms with E-state index >= 15 is 0 Å². The molecule has 98 valence electrons. The van der Waals surface area contributed by atoms with Gasteiger partial charge in [0.25, 0.3) is 0 Å². The van der Waals surface area contributed by atoms with Gasteiger partial charge in [-0.05, 0) is 54.8 Å². The Morgan fingerprint density at radius 1 is 1.26 bits per heavy atom. The zero-order valence-corrected chi connectivity index (χ0v) is 11.2. The highest BCUT2D eigenvalue weighted by atomic mass is 16.3. The first-order chi connectivity index (χ1) is 9.40. The summed E-state index contributed by atoms with van der Waals surface area (Å²) in [7, 11) is 2.06. The maximum absolute atomic E-state index is 5.26. The van der Waals surface area contributed by atoms with Crippen LogP contribution in [-0.2, 0) is 6.42 Å². The monoisotopic (exact) mass is 253 g/mol. The van der Waals surface area contributed by atoms with Gasteiger partial charge in [0, 0.05) is 11.6 Å². The summed E-state index contributed by atoms with van der Waals surface area (Å²) >= 11 is 0. The average molecular weight is 253 g/mol. The van der Waals surface area contributed by atoms with E-state index < -0.39 is 0 Å². The van der Waals surface area contributed by atoms with Gasteiger partial charge in [-0.2, -0.15) is 0 Å². The third-order valence-corrected chi connectivity index (χ3v) is 4.99. The summed E-state index contributed by atoms with van der Waals surface area (Å²) in [5.41, 5.74) is 4.44. The van der Waals surface area contributed by atoms with Crippen LogP contribution in [0.3, 0.4) is 0 Å². The third kappa shape index (κ3) is 1.67. The Hall–Kier alpha value is -1.54. The quantitative estimate of drug-likeness (QED) is 0.905. The highest BCUT2D eigenvalue weighted by Crippen LogP contribution is 2.64. The molecule has 2 nitrogen and oxygen atoms in total. The summed E-state index contributed by atoms with van der Waals surface area (Å²) < 4.78 is 5.26. The van der Waals surface area contributed by atoms with Gasteiger partial charge in [0.2, 0.25) is 0 Å². The van der Waals surface area contributed by atoms with Crippen LogP contribution < -0.4 is 5.32 Å². The average Bonchev–Trinajstić information content (AvgIpc) is 2.92. The molecule has 1 N–H and O–H groups in total. The Bertz CT molecular complexity index is 575. The number of hydrogen-bond donors (Lipinski definition) is 1. The number of furan rings is 1. The molecule has 1 aromatic heterocycles. The van der Waals surface area contributed by atoms with E-state index in [1.54, 1.807) is 17.4 Å². The Morgan fingerprint density at radius 2 is 2.16 bits per heavy atom. The van der Waals surface area contributed by atoms with Crippen molar-refractivity contribution in [3.05, 3.63) is 59.5 Å². The molecule has 0 bridgehead atoms. The molecule has 0 saturated heterocycles. The Labute approximate surface area is 113 Å². The topological polar surface area (TPSA) is 25.2 Å². The Kier molecular flexibility index (Phi) is 2.52. The van der Waals surface area contributed by atoms with E-state index in [9.17, 15) is 0 Å². The molecule has 1 fully saturated rings. The Morgan fingerprint density at radius 3 is 2.95 bits per heavy atom. The zero-order chi connectivity index (χ0) is 12.8. The number of fused-ring (bicyclic) bond motifs is 3. The molecule has 4 atom stereocenters. The van der Waals surface area contributed by atoms with Crippen LogP contribution in [0.2, 0.25) is 0 Å². The van der Waals surface area contributed by atoms with Gasteiger partial charge >= 0.3 is 0 Å². The molecule has 0 radical (unpaired) electrons. The smallest absolute Gasteiger partial charge is 0.0950 e. The van der Waals surface area contributed by atoms with E-state index in [-0.39, 0.29) is 0 Å². The molecule has 1 heterocycles. The first kappa shape index (κ1) is 11.3. The molecule has 4 unspecified atom stereocenters. The normalized spacial score (nSPS) is 29.4. The summed E-state index contributed by atoms with van der Waals surface area (Å²) in [4.78, 5) is 0. The van der Waals surface area contributed by atoms with Crippen molar-refractivity contribution < 1.29 is 4.42 Å². The van der Waals surface area contributed by atoms with Gasteiger partial charge in [-0.3, -0.25) is 0 Å². The van der Waals surface area contributed by atoms with Crippen LogP contribution in [0.4, 0.5) is 0 Å². The van der Waals surface area contributed by atoms with Crippen LogP contribution in [-0.4, -0.2) is 7.05 Å². The van der Waals surface area contributed by atoms with Crippen LogP contribution in [0.15, 0.2) is 47.3 Å². The number of aryl methyl sites for hydroxylation is 1. The highest BCUT2D eigenvalue weighted by Gasteiger charge is 2.56. The lowest BCUT2D eigenvalue weighted by Gasteiger charge is -2.15. The molecule has 2 aromatic rings. The largest absolute Gasteiger partial charge is 0.472 e. The van der Waals surface area contributed by atoms with Gasteiger partial charge in [-0.15, -0.1) is 0 Å². The van der Waals surface area contributed by atoms with Crippen molar-refractivity contribution in [2.45, 2.75) is 24.8 Å². The molecule has 1 saturated carbocycles. The van der Waals surface area contributed by atoms with Crippen molar-refractivity contribution in [3.63, 3.8) is 0 Å². The standard InChI is InChI=1S/C17H19NO/c1-18-17(12-8-9-19-10-12)16-14-7-6-11-4-2-3-5-13(11)15(14)16/h2-5,8-10,14-18H,6-7H2,1H3. The van der Waals surface area contributed by atoms with E-state index in [0.717, 1.165) is 17.8 Å². The fourth-order valence-electron chi connectivity index (χ4n) is 4.11. The second kappa shape index (κ2) is 4.24. The van der Waals surface area contributed by atoms with Crippen LogP contribution in [0.5, 0.6) is 0 Å². The molecule has 0 spiro atoms. The number of nitrogens with one attached hydrogen (secondary N) is 1.